The molecule has 39 heavy (non-hydrogen) atoms. The molecule has 0 bridgehead atoms. The van der Waals surface area contributed by atoms with Crippen molar-refractivity contribution in [1.29, 1.82) is 0 Å². The number of hydrogen-bond donors (Lipinski definition) is 2. The first-order chi connectivity index (χ1) is 18.6. The number of halogens is 5. The number of nitrogens with zero attached hydrogens (tertiary/aromatic N) is 2. The van der Waals surface area contributed by atoms with E-state index in [0.29, 0.717) is 25.7 Å². The predicted molar refractivity (Wildman–Crippen MR) is 136 cm³/mol. The van der Waals surface area contributed by atoms with Gasteiger partial charge in [0, 0.05) is 24.3 Å². The summed E-state index contributed by atoms with van der Waals surface area (Å²) < 4.78 is 56.3. The third-order valence-electron chi connectivity index (χ3n) is 7.42. The summed E-state index contributed by atoms with van der Waals surface area (Å²) in [5.74, 6) is -3.25. The number of rotatable bonds is 6. The molecule has 1 atom stereocenters. The number of aliphatic hydroxyl groups is 1. The Hall–Kier alpha value is -3.50. The molecular formula is C28H24ClF4N3O3. The fraction of sp³-hybridized carbons (Fsp3) is 0.321. The average Bonchev–Trinajstić information content (AvgIpc) is 3.13. The van der Waals surface area contributed by atoms with Crippen molar-refractivity contribution in [2.75, 3.05) is 11.4 Å². The van der Waals surface area contributed by atoms with E-state index in [1.165, 1.54) is 35.2 Å². The molecular weight excluding hydrogens is 538 g/mol. The first-order valence-electron chi connectivity index (χ1n) is 12.4. The van der Waals surface area contributed by atoms with Gasteiger partial charge in [0.2, 0.25) is 5.60 Å². The van der Waals surface area contributed by atoms with Crippen LogP contribution in [0, 0.1) is 17.6 Å². The van der Waals surface area contributed by atoms with Gasteiger partial charge in [0.15, 0.2) is 0 Å². The zero-order valence-corrected chi connectivity index (χ0v) is 21.3. The second-order valence-electron chi connectivity index (χ2n) is 9.82. The maximum absolute atomic E-state index is 15.0. The number of fused-ring (bicyclic) bond motifs is 1. The van der Waals surface area contributed by atoms with Gasteiger partial charge >= 0.3 is 0 Å². The van der Waals surface area contributed by atoms with E-state index in [0.717, 1.165) is 24.4 Å². The van der Waals surface area contributed by atoms with E-state index in [1.807, 2.05) is 0 Å². The highest BCUT2D eigenvalue weighted by atomic mass is 35.5. The molecule has 1 unspecified atom stereocenters. The molecule has 1 aliphatic heterocycles. The molecule has 2 N–H and O–H groups in total. The second kappa shape index (κ2) is 10.6. The molecule has 6 nitrogen and oxygen atoms in total. The van der Waals surface area contributed by atoms with E-state index < -0.39 is 41.2 Å². The van der Waals surface area contributed by atoms with Gasteiger partial charge in [0.1, 0.15) is 17.3 Å². The van der Waals surface area contributed by atoms with Crippen LogP contribution in [0.4, 0.5) is 23.2 Å². The molecule has 2 aliphatic rings. The number of alkyl halides is 2. The van der Waals surface area contributed by atoms with Crippen molar-refractivity contribution in [2.24, 2.45) is 5.92 Å². The Balaban J connectivity index is 1.30. The molecule has 0 spiro atoms. The Labute approximate surface area is 226 Å². The number of benzene rings is 2. The van der Waals surface area contributed by atoms with Crippen molar-refractivity contribution in [3.8, 4) is 0 Å². The van der Waals surface area contributed by atoms with Crippen LogP contribution in [0.3, 0.4) is 0 Å². The normalized spacial score (nSPS) is 22.7. The van der Waals surface area contributed by atoms with Crippen molar-refractivity contribution in [3.63, 3.8) is 0 Å². The fourth-order valence-corrected chi connectivity index (χ4v) is 5.67. The zero-order valence-electron chi connectivity index (χ0n) is 20.5. The number of pyridine rings is 1. The number of carbonyl (C=O) groups is 2. The van der Waals surface area contributed by atoms with Crippen molar-refractivity contribution >= 4 is 29.1 Å². The summed E-state index contributed by atoms with van der Waals surface area (Å²) in [5, 5.41) is 14.3. The molecule has 11 heteroatoms. The van der Waals surface area contributed by atoms with Crippen LogP contribution < -0.4 is 10.2 Å². The maximum Gasteiger partial charge on any atom is 0.281 e. The number of nitrogens with one attached hydrogen (secondary N) is 1. The molecule has 204 valence electrons. The summed E-state index contributed by atoms with van der Waals surface area (Å²) in [4.78, 5) is 31.1. The molecule has 2 heterocycles. The number of carbonyl (C=O) groups excluding carboxylic acids is 2. The molecule has 0 radical (unpaired) electrons. The summed E-state index contributed by atoms with van der Waals surface area (Å²) in [6.45, 7) is 0.153. The second-order valence-corrected chi connectivity index (χ2v) is 10.3. The standard InChI is InChI=1S/C28H24ClF4N3O3/c29-16-12-18(24(25(32)33)34-13-16)26(37)35-17-10-8-15(9-11-17)14-36-22-7-3-6-21(31)23(22)28(39,27(36)38)19-4-1-2-5-20(19)30/h1-7,12-13,15,17,25,39H,8-11,14H2,(H,35,37)/t15-,17-,28?. The first-order valence-corrected chi connectivity index (χ1v) is 12.8. The smallest absolute Gasteiger partial charge is 0.281 e. The van der Waals surface area contributed by atoms with E-state index in [9.17, 15) is 32.3 Å². The number of aromatic nitrogens is 1. The Morgan fingerprint density at radius 3 is 2.49 bits per heavy atom. The molecule has 1 saturated carbocycles. The zero-order chi connectivity index (χ0) is 27.9. The minimum atomic E-state index is -2.94. The van der Waals surface area contributed by atoms with Crippen LogP contribution in [0.25, 0.3) is 0 Å². The van der Waals surface area contributed by atoms with E-state index in [1.54, 1.807) is 0 Å². The lowest BCUT2D eigenvalue weighted by molar-refractivity contribution is -0.132. The van der Waals surface area contributed by atoms with Gasteiger partial charge in [0.05, 0.1) is 21.8 Å². The highest BCUT2D eigenvalue weighted by Crippen LogP contribution is 2.47. The molecule has 2 aromatic carbocycles. The van der Waals surface area contributed by atoms with Crippen molar-refractivity contribution in [1.82, 2.24) is 10.3 Å². The highest BCUT2D eigenvalue weighted by Gasteiger charge is 2.54. The van der Waals surface area contributed by atoms with E-state index in [-0.39, 0.29) is 45.9 Å². The van der Waals surface area contributed by atoms with Gasteiger partial charge in [-0.25, -0.2) is 17.6 Å². The minimum Gasteiger partial charge on any atom is -0.371 e. The van der Waals surface area contributed by atoms with Gasteiger partial charge in [0.25, 0.3) is 18.2 Å². The lowest BCUT2D eigenvalue weighted by Crippen LogP contribution is -2.45. The highest BCUT2D eigenvalue weighted by molar-refractivity contribution is 6.30. The van der Waals surface area contributed by atoms with Crippen LogP contribution >= 0.6 is 11.6 Å². The Morgan fingerprint density at radius 2 is 1.79 bits per heavy atom. The van der Waals surface area contributed by atoms with E-state index in [2.05, 4.69) is 10.3 Å². The first kappa shape index (κ1) is 27.1. The summed E-state index contributed by atoms with van der Waals surface area (Å²) in [7, 11) is 0. The number of amides is 2. The van der Waals surface area contributed by atoms with Crippen LogP contribution in [-0.4, -0.2) is 34.5 Å². The van der Waals surface area contributed by atoms with Crippen molar-refractivity contribution in [3.05, 3.63) is 93.8 Å². The van der Waals surface area contributed by atoms with Gasteiger partial charge in [-0.3, -0.25) is 14.6 Å². The van der Waals surface area contributed by atoms with Crippen LogP contribution in [0.15, 0.2) is 54.7 Å². The topological polar surface area (TPSA) is 82.5 Å². The largest absolute Gasteiger partial charge is 0.371 e. The summed E-state index contributed by atoms with van der Waals surface area (Å²) in [6, 6.07) is 10.1. The molecule has 0 saturated heterocycles. The van der Waals surface area contributed by atoms with Crippen molar-refractivity contribution < 1.29 is 32.3 Å². The van der Waals surface area contributed by atoms with Gasteiger partial charge < -0.3 is 15.3 Å². The summed E-state index contributed by atoms with van der Waals surface area (Å²) in [6.07, 6.45) is 0.253. The monoisotopic (exact) mass is 561 g/mol. The van der Waals surface area contributed by atoms with Crippen LogP contribution in [0.2, 0.25) is 5.02 Å². The SMILES string of the molecule is O=C(N[C@H]1CC[C@H](CN2C(=O)C(O)(c3ccccc3F)c3c(F)cccc32)CC1)c1cc(Cl)cnc1C(F)F. The Kier molecular flexibility index (Phi) is 7.35. The maximum atomic E-state index is 15.0. The van der Waals surface area contributed by atoms with Gasteiger partial charge in [-0.2, -0.15) is 0 Å². The van der Waals surface area contributed by atoms with Crippen molar-refractivity contribution in [2.45, 2.75) is 43.8 Å². The molecule has 1 aliphatic carbocycles. The van der Waals surface area contributed by atoms with Gasteiger partial charge in [-0.1, -0.05) is 35.9 Å². The fourth-order valence-electron chi connectivity index (χ4n) is 5.51. The lowest BCUT2D eigenvalue weighted by Gasteiger charge is -2.32. The van der Waals surface area contributed by atoms with E-state index >= 15 is 0 Å². The lowest BCUT2D eigenvalue weighted by atomic mass is 9.85. The molecule has 3 aromatic rings. The Morgan fingerprint density at radius 1 is 1.10 bits per heavy atom. The summed E-state index contributed by atoms with van der Waals surface area (Å²) in [5.41, 5.74) is -3.88. The third kappa shape index (κ3) is 4.87. The minimum absolute atomic E-state index is 0.0642. The van der Waals surface area contributed by atoms with Crippen LogP contribution in [0.1, 0.15) is 59.3 Å². The molecule has 2 amide bonds. The molecule has 1 fully saturated rings. The van der Waals surface area contributed by atoms with Crippen LogP contribution in [0.5, 0.6) is 0 Å². The predicted octanol–water partition coefficient (Wildman–Crippen LogP) is 5.52. The Bertz CT molecular complexity index is 1430. The summed E-state index contributed by atoms with van der Waals surface area (Å²) >= 11 is 5.85. The van der Waals surface area contributed by atoms with Crippen LogP contribution in [-0.2, 0) is 10.4 Å². The quantitative estimate of drug-likeness (QED) is 0.388. The van der Waals surface area contributed by atoms with Gasteiger partial charge in [-0.05, 0) is 55.9 Å². The third-order valence-corrected chi connectivity index (χ3v) is 7.63. The molecule has 1 aromatic heterocycles. The molecule has 5 rings (SSSR count). The van der Waals surface area contributed by atoms with E-state index in [4.69, 9.17) is 11.6 Å². The average molecular weight is 562 g/mol. The number of hydrogen-bond acceptors (Lipinski definition) is 4. The number of anilines is 1. The van der Waals surface area contributed by atoms with Gasteiger partial charge in [-0.15, -0.1) is 0 Å².